The number of rotatable bonds is 1. The highest BCUT2D eigenvalue weighted by atomic mass is 35.5. The number of carbonyl (C=O) groups is 1. The van der Waals surface area contributed by atoms with Gasteiger partial charge < -0.3 is 4.90 Å². The molecule has 1 unspecified atom stereocenters. The van der Waals surface area contributed by atoms with Gasteiger partial charge in [0.15, 0.2) is 0 Å². The second-order valence-corrected chi connectivity index (χ2v) is 5.34. The van der Waals surface area contributed by atoms with E-state index < -0.39 is 0 Å². The van der Waals surface area contributed by atoms with Crippen molar-refractivity contribution in [2.24, 2.45) is 0 Å². The van der Waals surface area contributed by atoms with Crippen molar-refractivity contribution in [3.05, 3.63) is 35.9 Å². The molecule has 0 N–H and O–H groups in total. The Kier molecular flexibility index (Phi) is 3.72. The van der Waals surface area contributed by atoms with Gasteiger partial charge in [-0.2, -0.15) is 0 Å². The highest BCUT2D eigenvalue weighted by molar-refractivity contribution is 6.62. The molecule has 1 heterocycles. The molecule has 3 heteroatoms. The first kappa shape index (κ1) is 12.4. The zero-order chi connectivity index (χ0) is 12.3. The highest BCUT2D eigenvalue weighted by Crippen LogP contribution is 2.34. The molecule has 0 saturated carbocycles. The molecule has 1 fully saturated rings. The Balaban J connectivity index is 2.15. The maximum atomic E-state index is 11.2. The van der Waals surface area contributed by atoms with Crippen LogP contribution in [0, 0.1) is 0 Å². The molecular weight excluding hydrogens is 234 g/mol. The molecule has 1 aromatic carbocycles. The normalized spacial score (nSPS) is 25.4. The van der Waals surface area contributed by atoms with E-state index in [4.69, 9.17) is 11.6 Å². The molecule has 2 rings (SSSR count). The summed E-state index contributed by atoms with van der Waals surface area (Å²) in [6.07, 6.45) is 3.11. The predicted octanol–water partition coefficient (Wildman–Crippen LogP) is 3.79. The second-order valence-electron chi connectivity index (χ2n) is 5.02. The van der Waals surface area contributed by atoms with Crippen LogP contribution in [-0.4, -0.2) is 23.4 Å². The lowest BCUT2D eigenvalue weighted by Crippen LogP contribution is -2.29. The molecule has 2 nitrogen and oxygen atoms in total. The minimum Gasteiger partial charge on any atom is -0.329 e. The number of benzene rings is 1. The molecule has 0 radical (unpaired) electrons. The van der Waals surface area contributed by atoms with Crippen LogP contribution >= 0.6 is 11.6 Å². The fourth-order valence-corrected chi connectivity index (χ4v) is 2.75. The monoisotopic (exact) mass is 251 g/mol. The van der Waals surface area contributed by atoms with E-state index in [1.165, 1.54) is 5.56 Å². The third kappa shape index (κ3) is 2.81. The fraction of sp³-hybridized carbons (Fsp3) is 0.500. The number of hydrogen-bond donors (Lipinski definition) is 0. The van der Waals surface area contributed by atoms with E-state index in [1.807, 2.05) is 6.07 Å². The average Bonchev–Trinajstić information content (AvgIpc) is 2.54. The third-order valence-corrected chi connectivity index (χ3v) is 4.05. The molecule has 1 aliphatic heterocycles. The largest absolute Gasteiger partial charge is 0.329 e. The molecule has 1 amide bonds. The third-order valence-electron chi connectivity index (χ3n) is 3.81. The lowest BCUT2D eigenvalue weighted by molar-refractivity contribution is 0.222. The van der Waals surface area contributed by atoms with Gasteiger partial charge in [0.25, 0.3) is 0 Å². The van der Waals surface area contributed by atoms with Crippen LogP contribution in [0.4, 0.5) is 4.79 Å². The zero-order valence-electron chi connectivity index (χ0n) is 10.2. The zero-order valence-corrected chi connectivity index (χ0v) is 10.9. The predicted molar refractivity (Wildman–Crippen MR) is 70.5 cm³/mol. The fourth-order valence-electron chi connectivity index (χ4n) is 2.58. The van der Waals surface area contributed by atoms with Crippen molar-refractivity contribution < 1.29 is 4.79 Å². The maximum absolute atomic E-state index is 11.2. The topological polar surface area (TPSA) is 20.3 Å². The summed E-state index contributed by atoms with van der Waals surface area (Å²) in [6.45, 7) is 3.82. The molecule has 17 heavy (non-hydrogen) atoms. The Morgan fingerprint density at radius 1 is 1.24 bits per heavy atom. The molecule has 1 atom stereocenters. The van der Waals surface area contributed by atoms with E-state index in [2.05, 4.69) is 31.2 Å². The number of hydrogen-bond acceptors (Lipinski definition) is 1. The second kappa shape index (κ2) is 5.09. The van der Waals surface area contributed by atoms with Gasteiger partial charge in [-0.25, -0.2) is 0 Å². The van der Waals surface area contributed by atoms with Crippen molar-refractivity contribution in [1.82, 2.24) is 4.90 Å². The van der Waals surface area contributed by atoms with Crippen LogP contribution in [0.5, 0.6) is 0 Å². The SMILES string of the molecule is CC1(c2ccccc2)CCCN(C(=O)Cl)CC1. The van der Waals surface area contributed by atoms with Crippen LogP contribution in [0.15, 0.2) is 30.3 Å². The Labute approximate surface area is 108 Å². The van der Waals surface area contributed by atoms with Crippen molar-refractivity contribution in [3.63, 3.8) is 0 Å². The van der Waals surface area contributed by atoms with Crippen molar-refractivity contribution in [1.29, 1.82) is 0 Å². The summed E-state index contributed by atoms with van der Waals surface area (Å²) < 4.78 is 0. The Morgan fingerprint density at radius 2 is 1.94 bits per heavy atom. The van der Waals surface area contributed by atoms with E-state index in [0.717, 1.165) is 32.4 Å². The van der Waals surface area contributed by atoms with Gasteiger partial charge >= 0.3 is 5.37 Å². The summed E-state index contributed by atoms with van der Waals surface area (Å²) in [5.74, 6) is 0. The number of amides is 1. The van der Waals surface area contributed by atoms with Gasteiger partial charge in [-0.15, -0.1) is 0 Å². The smallest absolute Gasteiger partial charge is 0.316 e. The minimum absolute atomic E-state index is 0.169. The molecule has 0 bridgehead atoms. The van der Waals surface area contributed by atoms with Gasteiger partial charge in [0.1, 0.15) is 0 Å². The molecule has 0 aliphatic carbocycles. The molecule has 1 aromatic rings. The van der Waals surface area contributed by atoms with Gasteiger partial charge in [0, 0.05) is 13.1 Å². The minimum atomic E-state index is -0.317. The highest BCUT2D eigenvalue weighted by Gasteiger charge is 2.30. The summed E-state index contributed by atoms with van der Waals surface area (Å²) in [4.78, 5) is 12.9. The summed E-state index contributed by atoms with van der Waals surface area (Å²) in [7, 11) is 0. The molecule has 92 valence electrons. The first-order valence-corrected chi connectivity index (χ1v) is 6.49. The molecular formula is C14H18ClNO. The lowest BCUT2D eigenvalue weighted by atomic mass is 9.76. The summed E-state index contributed by atoms with van der Waals surface area (Å²) >= 11 is 5.56. The average molecular weight is 252 g/mol. The molecule has 1 aliphatic rings. The first-order valence-electron chi connectivity index (χ1n) is 6.12. The van der Waals surface area contributed by atoms with Crippen molar-refractivity contribution >= 4 is 17.0 Å². The number of nitrogens with zero attached hydrogens (tertiary/aromatic N) is 1. The van der Waals surface area contributed by atoms with E-state index >= 15 is 0 Å². The van der Waals surface area contributed by atoms with Crippen LogP contribution < -0.4 is 0 Å². The molecule has 0 aromatic heterocycles. The summed E-state index contributed by atoms with van der Waals surface area (Å²) in [5.41, 5.74) is 1.53. The number of halogens is 1. The van der Waals surface area contributed by atoms with Gasteiger partial charge in [-0.1, -0.05) is 37.3 Å². The van der Waals surface area contributed by atoms with Crippen molar-refractivity contribution in [2.75, 3.05) is 13.1 Å². The van der Waals surface area contributed by atoms with Crippen LogP contribution in [-0.2, 0) is 5.41 Å². The summed E-state index contributed by atoms with van der Waals surface area (Å²) in [6, 6.07) is 10.6. The number of carbonyl (C=O) groups excluding carboxylic acids is 1. The van der Waals surface area contributed by atoms with Crippen LogP contribution in [0.1, 0.15) is 31.7 Å². The first-order chi connectivity index (χ1) is 8.12. The van der Waals surface area contributed by atoms with E-state index in [0.29, 0.717) is 0 Å². The van der Waals surface area contributed by atoms with Gasteiger partial charge in [-0.3, -0.25) is 4.79 Å². The van der Waals surface area contributed by atoms with Crippen LogP contribution in [0.3, 0.4) is 0 Å². The number of likely N-dealkylation sites (tertiary alicyclic amines) is 1. The Hall–Kier alpha value is -1.02. The quantitative estimate of drug-likeness (QED) is 0.549. The van der Waals surface area contributed by atoms with Crippen LogP contribution in [0.2, 0.25) is 0 Å². The Bertz CT molecular complexity index is 392. The van der Waals surface area contributed by atoms with E-state index in [9.17, 15) is 4.79 Å². The van der Waals surface area contributed by atoms with Crippen molar-refractivity contribution in [2.45, 2.75) is 31.6 Å². The van der Waals surface area contributed by atoms with Crippen molar-refractivity contribution in [3.8, 4) is 0 Å². The standard InChI is InChI=1S/C14H18ClNO/c1-14(12-6-3-2-4-7-12)8-5-10-16(11-9-14)13(15)17/h2-4,6-7H,5,8-11H2,1H3. The van der Waals surface area contributed by atoms with Gasteiger partial charge in [-0.05, 0) is 41.8 Å². The molecule has 1 saturated heterocycles. The Morgan fingerprint density at radius 3 is 2.59 bits per heavy atom. The molecule has 0 spiro atoms. The van der Waals surface area contributed by atoms with Gasteiger partial charge in [0.05, 0.1) is 0 Å². The van der Waals surface area contributed by atoms with E-state index in [1.54, 1.807) is 4.90 Å². The van der Waals surface area contributed by atoms with E-state index in [-0.39, 0.29) is 10.8 Å². The lowest BCUT2D eigenvalue weighted by Gasteiger charge is -2.28. The maximum Gasteiger partial charge on any atom is 0.316 e. The van der Waals surface area contributed by atoms with Crippen LogP contribution in [0.25, 0.3) is 0 Å². The summed E-state index contributed by atoms with van der Waals surface area (Å²) in [5, 5.41) is -0.317. The van der Waals surface area contributed by atoms with Gasteiger partial charge in [0.2, 0.25) is 0 Å².